The number of amides is 1. The summed E-state index contributed by atoms with van der Waals surface area (Å²) in [6.07, 6.45) is 3.52. The molecule has 1 aliphatic carbocycles. The van der Waals surface area contributed by atoms with Gasteiger partial charge in [-0.05, 0) is 50.5 Å². The van der Waals surface area contributed by atoms with Gasteiger partial charge < -0.3 is 19.2 Å². The zero-order chi connectivity index (χ0) is 19.7. The van der Waals surface area contributed by atoms with Crippen LogP contribution in [0.5, 0.6) is 0 Å². The van der Waals surface area contributed by atoms with E-state index in [9.17, 15) is 13.2 Å². The minimum Gasteiger partial charge on any atom is -0.440 e. The fraction of sp³-hybridized carbons (Fsp3) is 0.333. The summed E-state index contributed by atoms with van der Waals surface area (Å²) in [5.41, 5.74) is 1.15. The molecule has 148 valence electrons. The van der Waals surface area contributed by atoms with E-state index in [2.05, 4.69) is 20.2 Å². The average Bonchev–Trinajstić information content (AvgIpc) is 3.42. The summed E-state index contributed by atoms with van der Waals surface area (Å²) in [6, 6.07) is 7.65. The Morgan fingerprint density at radius 3 is 2.75 bits per heavy atom. The predicted octanol–water partition coefficient (Wildman–Crippen LogP) is 2.20. The lowest BCUT2D eigenvalue weighted by molar-refractivity contribution is 0.0933. The molecule has 3 N–H and O–H groups in total. The molecule has 28 heavy (non-hydrogen) atoms. The smallest absolute Gasteiger partial charge is 0.274 e. The third kappa shape index (κ3) is 3.87. The summed E-state index contributed by atoms with van der Waals surface area (Å²) in [7, 11) is -3.82. The molecule has 0 saturated heterocycles. The van der Waals surface area contributed by atoms with Crippen LogP contribution in [0.15, 0.2) is 50.6 Å². The van der Waals surface area contributed by atoms with Crippen LogP contribution in [0.4, 0.5) is 0 Å². The molecule has 3 heterocycles. The Morgan fingerprint density at radius 2 is 2.04 bits per heavy atom. The number of carbonyl (C=O) groups excluding carboxylic acids is 1. The molecule has 3 aromatic heterocycles. The molecular formula is C18H20N4O5S. The zero-order valence-electron chi connectivity index (χ0n) is 15.1. The summed E-state index contributed by atoms with van der Waals surface area (Å²) in [5, 5.41) is 6.49. The van der Waals surface area contributed by atoms with Crippen LogP contribution in [0.3, 0.4) is 0 Å². The van der Waals surface area contributed by atoms with Gasteiger partial charge in [-0.2, -0.15) is 0 Å². The molecule has 9 nitrogen and oxygen atoms in total. The van der Waals surface area contributed by atoms with Crippen molar-refractivity contribution in [3.8, 4) is 11.5 Å². The molecular weight excluding hydrogens is 384 g/mol. The van der Waals surface area contributed by atoms with Crippen LogP contribution < -0.4 is 10.0 Å². The maximum atomic E-state index is 12.6. The number of H-pyrrole nitrogens is 1. The minimum absolute atomic E-state index is 0.0900. The van der Waals surface area contributed by atoms with Gasteiger partial charge in [0, 0.05) is 24.3 Å². The Hall–Kier alpha value is -2.85. The van der Waals surface area contributed by atoms with E-state index in [1.165, 1.54) is 12.1 Å². The van der Waals surface area contributed by atoms with Crippen LogP contribution in [0.25, 0.3) is 11.5 Å². The zero-order valence-corrected chi connectivity index (χ0v) is 16.0. The largest absolute Gasteiger partial charge is 0.440 e. The number of hydrogen-bond acceptors (Lipinski definition) is 6. The molecule has 0 bridgehead atoms. The number of nitrogens with one attached hydrogen (secondary N) is 3. The van der Waals surface area contributed by atoms with Crippen molar-refractivity contribution in [1.29, 1.82) is 0 Å². The molecule has 0 unspecified atom stereocenters. The number of aromatic amines is 1. The molecule has 2 atom stereocenters. The van der Waals surface area contributed by atoms with Gasteiger partial charge in [-0.1, -0.05) is 5.16 Å². The Labute approximate surface area is 161 Å². The lowest BCUT2D eigenvalue weighted by atomic mass is 10.2. The van der Waals surface area contributed by atoms with Gasteiger partial charge in [-0.15, -0.1) is 0 Å². The van der Waals surface area contributed by atoms with Crippen LogP contribution in [-0.2, 0) is 10.0 Å². The summed E-state index contributed by atoms with van der Waals surface area (Å²) in [5.74, 6) is 0.465. The highest BCUT2D eigenvalue weighted by Crippen LogP contribution is 2.27. The number of sulfonamides is 1. The number of aromatic nitrogens is 2. The second-order valence-electron chi connectivity index (χ2n) is 6.84. The molecule has 0 spiro atoms. The van der Waals surface area contributed by atoms with Crippen molar-refractivity contribution >= 4 is 15.9 Å². The normalized spacial score (nSPS) is 19.8. The van der Waals surface area contributed by atoms with Crippen molar-refractivity contribution in [3.63, 3.8) is 0 Å². The number of aryl methyl sites for hydroxylation is 1. The van der Waals surface area contributed by atoms with Crippen molar-refractivity contribution in [2.45, 2.75) is 43.4 Å². The van der Waals surface area contributed by atoms with Crippen LogP contribution in [0.1, 0.15) is 35.4 Å². The van der Waals surface area contributed by atoms with Gasteiger partial charge in [0.1, 0.15) is 5.69 Å². The summed E-state index contributed by atoms with van der Waals surface area (Å²) in [4.78, 5) is 15.0. The summed E-state index contributed by atoms with van der Waals surface area (Å²) < 4.78 is 38.4. The quantitative estimate of drug-likeness (QED) is 0.577. The van der Waals surface area contributed by atoms with Crippen LogP contribution in [-0.4, -0.2) is 36.5 Å². The third-order valence-electron chi connectivity index (χ3n) is 4.65. The van der Waals surface area contributed by atoms with E-state index < -0.39 is 10.0 Å². The number of rotatable bonds is 6. The maximum absolute atomic E-state index is 12.6. The number of nitrogens with zero attached hydrogens (tertiary/aromatic N) is 1. The predicted molar refractivity (Wildman–Crippen MR) is 98.9 cm³/mol. The second-order valence-corrected chi connectivity index (χ2v) is 8.48. The molecule has 1 saturated carbocycles. The lowest BCUT2D eigenvalue weighted by Crippen LogP contribution is -2.37. The fourth-order valence-electron chi connectivity index (χ4n) is 3.31. The van der Waals surface area contributed by atoms with Gasteiger partial charge >= 0.3 is 0 Å². The van der Waals surface area contributed by atoms with E-state index in [1.807, 2.05) is 0 Å². The minimum atomic E-state index is -3.82. The van der Waals surface area contributed by atoms with E-state index in [-0.39, 0.29) is 23.1 Å². The van der Waals surface area contributed by atoms with Gasteiger partial charge in [-0.3, -0.25) is 4.79 Å². The first-order valence-corrected chi connectivity index (χ1v) is 10.4. The van der Waals surface area contributed by atoms with Crippen LogP contribution >= 0.6 is 0 Å². The second kappa shape index (κ2) is 7.28. The highest BCUT2D eigenvalue weighted by atomic mass is 32.2. The van der Waals surface area contributed by atoms with Gasteiger partial charge in [0.2, 0.25) is 10.9 Å². The van der Waals surface area contributed by atoms with Crippen molar-refractivity contribution in [2.24, 2.45) is 0 Å². The lowest BCUT2D eigenvalue weighted by Gasteiger charge is -2.14. The fourth-order valence-corrected chi connectivity index (χ4v) is 4.52. The average molecular weight is 404 g/mol. The number of furan rings is 1. The first kappa shape index (κ1) is 18.5. The molecule has 10 heteroatoms. The van der Waals surface area contributed by atoms with E-state index in [4.69, 9.17) is 8.94 Å². The Balaban J connectivity index is 1.37. The number of carbonyl (C=O) groups is 1. The van der Waals surface area contributed by atoms with Crippen molar-refractivity contribution < 1.29 is 22.2 Å². The Bertz CT molecular complexity index is 1070. The van der Waals surface area contributed by atoms with E-state index >= 15 is 0 Å². The monoisotopic (exact) mass is 404 g/mol. The Kier molecular flexibility index (Phi) is 4.82. The Morgan fingerprint density at radius 1 is 1.21 bits per heavy atom. The van der Waals surface area contributed by atoms with E-state index in [1.54, 1.807) is 31.3 Å². The highest BCUT2D eigenvalue weighted by Gasteiger charge is 2.31. The highest BCUT2D eigenvalue weighted by molar-refractivity contribution is 7.89. The summed E-state index contributed by atoms with van der Waals surface area (Å²) >= 11 is 0. The third-order valence-corrected chi connectivity index (χ3v) is 6.04. The number of hydrogen-bond donors (Lipinski definition) is 3. The van der Waals surface area contributed by atoms with Crippen molar-refractivity contribution in [2.75, 3.05) is 0 Å². The maximum Gasteiger partial charge on any atom is 0.274 e. The molecule has 0 aliphatic heterocycles. The molecule has 0 radical (unpaired) electrons. The molecule has 3 aromatic rings. The molecule has 1 amide bonds. The first-order valence-electron chi connectivity index (χ1n) is 8.91. The molecule has 4 rings (SSSR count). The topological polar surface area (TPSA) is 130 Å². The summed E-state index contributed by atoms with van der Waals surface area (Å²) in [6.45, 7) is 1.76. The molecule has 1 fully saturated rings. The SMILES string of the molecule is Cc1cc(-c2ccc(S(=O)(=O)N[C@@H]3CC[C@H](NC(=O)c4ccc[nH]4)C3)o2)on1. The molecule has 0 aromatic carbocycles. The van der Waals surface area contributed by atoms with Crippen molar-refractivity contribution in [1.82, 2.24) is 20.2 Å². The standard InChI is InChI=1S/C18H20N4O5S/c1-11-9-16(27-21-11)15-6-7-17(26-15)28(24,25)22-13-5-4-12(10-13)20-18(23)14-3-2-8-19-14/h2-3,6-9,12-13,19,22H,4-5,10H2,1H3,(H,20,23)/t12-,13+/m0/s1. The van der Waals surface area contributed by atoms with Gasteiger partial charge in [-0.25, -0.2) is 13.1 Å². The van der Waals surface area contributed by atoms with Crippen LogP contribution in [0, 0.1) is 6.92 Å². The van der Waals surface area contributed by atoms with E-state index in [0.717, 1.165) is 0 Å². The first-order chi connectivity index (χ1) is 13.4. The van der Waals surface area contributed by atoms with Crippen molar-refractivity contribution in [3.05, 3.63) is 47.9 Å². The molecule has 1 aliphatic rings. The van der Waals surface area contributed by atoms with Gasteiger partial charge in [0.15, 0.2) is 5.76 Å². The van der Waals surface area contributed by atoms with Crippen LogP contribution in [0.2, 0.25) is 0 Å². The van der Waals surface area contributed by atoms with Gasteiger partial charge in [0.25, 0.3) is 15.9 Å². The van der Waals surface area contributed by atoms with Gasteiger partial charge in [0.05, 0.1) is 5.69 Å². The van der Waals surface area contributed by atoms with E-state index in [0.29, 0.717) is 42.2 Å².